The lowest BCUT2D eigenvalue weighted by atomic mass is 9.86. The van der Waals surface area contributed by atoms with Gasteiger partial charge in [-0.25, -0.2) is 0 Å². The van der Waals surface area contributed by atoms with Crippen molar-refractivity contribution in [3.8, 4) is 0 Å². The highest BCUT2D eigenvalue weighted by Crippen LogP contribution is 2.36. The van der Waals surface area contributed by atoms with Crippen LogP contribution in [0.4, 0.5) is 0 Å². The monoisotopic (exact) mass is 348 g/mol. The van der Waals surface area contributed by atoms with Gasteiger partial charge in [-0.2, -0.15) is 0 Å². The summed E-state index contributed by atoms with van der Waals surface area (Å²) in [4.78, 5) is 14.4. The molecule has 1 aromatic rings. The number of amides is 1. The summed E-state index contributed by atoms with van der Waals surface area (Å²) in [7, 11) is 0. The van der Waals surface area contributed by atoms with E-state index in [1.807, 2.05) is 11.0 Å². The van der Waals surface area contributed by atoms with Gasteiger partial charge in [0.15, 0.2) is 0 Å². The molecule has 0 radical (unpaired) electrons. The van der Waals surface area contributed by atoms with Crippen molar-refractivity contribution in [2.75, 3.05) is 26.2 Å². The SMILES string of the molecule is Cl.O=C(Cc1ccc(Cl)c(Cl)c1)N1CCC2(CCNC2)C1. The lowest BCUT2D eigenvalue weighted by molar-refractivity contribution is -0.129. The molecule has 1 unspecified atom stereocenters. The summed E-state index contributed by atoms with van der Waals surface area (Å²) in [5, 5.41) is 4.44. The van der Waals surface area contributed by atoms with E-state index in [-0.39, 0.29) is 18.3 Å². The molecule has 1 spiro atoms. The molecule has 2 aliphatic rings. The number of nitrogens with one attached hydrogen (secondary N) is 1. The zero-order valence-electron chi connectivity index (χ0n) is 11.7. The Kier molecular flexibility index (Phi) is 5.42. The number of halogens is 3. The van der Waals surface area contributed by atoms with Crippen molar-refractivity contribution in [1.29, 1.82) is 0 Å². The van der Waals surface area contributed by atoms with Crippen molar-refractivity contribution in [3.63, 3.8) is 0 Å². The van der Waals surface area contributed by atoms with Crippen LogP contribution in [0.5, 0.6) is 0 Å². The molecule has 2 aliphatic heterocycles. The molecule has 3 nitrogen and oxygen atoms in total. The molecule has 3 rings (SSSR count). The highest BCUT2D eigenvalue weighted by molar-refractivity contribution is 6.42. The van der Waals surface area contributed by atoms with Crippen molar-refractivity contribution < 1.29 is 4.79 Å². The van der Waals surface area contributed by atoms with Crippen LogP contribution in [-0.4, -0.2) is 37.0 Å². The Bertz CT molecular complexity index is 530. The molecule has 116 valence electrons. The number of hydrogen-bond donors (Lipinski definition) is 1. The maximum Gasteiger partial charge on any atom is 0.227 e. The first kappa shape index (κ1) is 16.9. The van der Waals surface area contributed by atoms with Crippen molar-refractivity contribution in [2.24, 2.45) is 5.41 Å². The summed E-state index contributed by atoms with van der Waals surface area (Å²) in [5.74, 6) is 0.187. The van der Waals surface area contributed by atoms with E-state index in [4.69, 9.17) is 23.2 Å². The second-order valence-electron chi connectivity index (χ2n) is 5.92. The third-order valence-corrected chi connectivity index (χ3v) is 5.20. The Morgan fingerprint density at radius 2 is 2.10 bits per heavy atom. The van der Waals surface area contributed by atoms with E-state index in [0.29, 0.717) is 21.9 Å². The molecule has 1 N–H and O–H groups in total. The van der Waals surface area contributed by atoms with Crippen molar-refractivity contribution in [2.45, 2.75) is 19.3 Å². The minimum Gasteiger partial charge on any atom is -0.342 e. The lowest BCUT2D eigenvalue weighted by Gasteiger charge is -2.22. The first-order chi connectivity index (χ1) is 9.58. The fourth-order valence-corrected chi connectivity index (χ4v) is 3.55. The average Bonchev–Trinajstić information content (AvgIpc) is 3.05. The normalized spacial score (nSPS) is 24.4. The van der Waals surface area contributed by atoms with Gasteiger partial charge in [0.2, 0.25) is 5.91 Å². The first-order valence-electron chi connectivity index (χ1n) is 7.00. The fourth-order valence-electron chi connectivity index (χ4n) is 3.23. The molecule has 2 saturated heterocycles. The van der Waals surface area contributed by atoms with Crippen molar-refractivity contribution >= 4 is 41.5 Å². The van der Waals surface area contributed by atoms with Gasteiger partial charge in [0.25, 0.3) is 0 Å². The zero-order valence-corrected chi connectivity index (χ0v) is 14.0. The maximum absolute atomic E-state index is 12.4. The molecule has 21 heavy (non-hydrogen) atoms. The van der Waals surface area contributed by atoms with Gasteiger partial charge in [-0.15, -0.1) is 12.4 Å². The molecule has 0 bridgehead atoms. The van der Waals surface area contributed by atoms with Gasteiger partial charge in [-0.05, 0) is 37.1 Å². The number of rotatable bonds is 2. The van der Waals surface area contributed by atoms with Crippen molar-refractivity contribution in [1.82, 2.24) is 10.2 Å². The number of likely N-dealkylation sites (tertiary alicyclic amines) is 1. The summed E-state index contributed by atoms with van der Waals surface area (Å²) in [6, 6.07) is 5.40. The van der Waals surface area contributed by atoms with Crippen LogP contribution in [-0.2, 0) is 11.2 Å². The van der Waals surface area contributed by atoms with Crippen LogP contribution in [0.2, 0.25) is 10.0 Å². The Labute approximate surface area is 141 Å². The number of benzene rings is 1. The molecule has 1 amide bonds. The van der Waals surface area contributed by atoms with E-state index in [0.717, 1.165) is 38.2 Å². The van der Waals surface area contributed by atoms with Gasteiger partial charge >= 0.3 is 0 Å². The topological polar surface area (TPSA) is 32.3 Å². The van der Waals surface area contributed by atoms with Crippen LogP contribution in [0.1, 0.15) is 18.4 Å². The highest BCUT2D eigenvalue weighted by atomic mass is 35.5. The number of carbonyl (C=O) groups is 1. The highest BCUT2D eigenvalue weighted by Gasteiger charge is 2.41. The molecular formula is C15H19Cl3N2O. The lowest BCUT2D eigenvalue weighted by Crippen LogP contribution is -2.34. The molecule has 2 heterocycles. The summed E-state index contributed by atoms with van der Waals surface area (Å²) in [6.45, 7) is 3.89. The zero-order chi connectivity index (χ0) is 14.2. The summed E-state index contributed by atoms with van der Waals surface area (Å²) in [6.07, 6.45) is 2.71. The van der Waals surface area contributed by atoms with Gasteiger partial charge in [-0.1, -0.05) is 29.3 Å². The molecular weight excluding hydrogens is 331 g/mol. The van der Waals surface area contributed by atoms with Gasteiger partial charge in [0.05, 0.1) is 16.5 Å². The predicted octanol–water partition coefficient (Wildman–Crippen LogP) is 3.17. The van der Waals surface area contributed by atoms with Crippen LogP contribution in [0, 0.1) is 5.41 Å². The summed E-state index contributed by atoms with van der Waals surface area (Å²) < 4.78 is 0. The summed E-state index contributed by atoms with van der Waals surface area (Å²) >= 11 is 11.9. The second-order valence-corrected chi connectivity index (χ2v) is 6.73. The molecule has 0 saturated carbocycles. The number of hydrogen-bond acceptors (Lipinski definition) is 2. The molecule has 0 aliphatic carbocycles. The van der Waals surface area contributed by atoms with Crippen LogP contribution in [0.3, 0.4) is 0 Å². The van der Waals surface area contributed by atoms with E-state index in [9.17, 15) is 4.79 Å². The number of carbonyl (C=O) groups excluding carboxylic acids is 1. The first-order valence-corrected chi connectivity index (χ1v) is 7.76. The standard InChI is InChI=1S/C15H18Cl2N2O.ClH/c16-12-2-1-11(7-13(12)17)8-14(20)19-6-4-15(10-19)3-5-18-9-15;/h1-2,7,18H,3-6,8-10H2;1H. The fraction of sp³-hybridized carbons (Fsp3) is 0.533. The molecule has 6 heteroatoms. The van der Waals surface area contributed by atoms with Crippen LogP contribution < -0.4 is 5.32 Å². The van der Waals surface area contributed by atoms with Gasteiger partial charge < -0.3 is 10.2 Å². The van der Waals surface area contributed by atoms with E-state index in [1.54, 1.807) is 12.1 Å². The van der Waals surface area contributed by atoms with E-state index in [2.05, 4.69) is 5.32 Å². The smallest absolute Gasteiger partial charge is 0.227 e. The van der Waals surface area contributed by atoms with Crippen LogP contribution >= 0.6 is 35.6 Å². The van der Waals surface area contributed by atoms with Gasteiger partial charge in [0, 0.05) is 25.0 Å². The van der Waals surface area contributed by atoms with Crippen LogP contribution in [0.15, 0.2) is 18.2 Å². The minimum absolute atomic E-state index is 0. The summed E-state index contributed by atoms with van der Waals surface area (Å²) in [5.41, 5.74) is 1.25. The Morgan fingerprint density at radius 3 is 2.76 bits per heavy atom. The second kappa shape index (κ2) is 6.74. The third-order valence-electron chi connectivity index (χ3n) is 4.46. The molecule has 1 atom stereocenters. The number of nitrogens with zero attached hydrogens (tertiary/aromatic N) is 1. The molecule has 0 aromatic heterocycles. The molecule has 2 fully saturated rings. The van der Waals surface area contributed by atoms with Crippen molar-refractivity contribution in [3.05, 3.63) is 33.8 Å². The Balaban J connectivity index is 0.00000161. The van der Waals surface area contributed by atoms with E-state index in [1.165, 1.54) is 6.42 Å². The quantitative estimate of drug-likeness (QED) is 0.889. The third kappa shape index (κ3) is 3.65. The maximum atomic E-state index is 12.4. The Morgan fingerprint density at radius 1 is 1.29 bits per heavy atom. The molecule has 1 aromatic carbocycles. The van der Waals surface area contributed by atoms with Gasteiger partial charge in [0.1, 0.15) is 0 Å². The van der Waals surface area contributed by atoms with Crippen LogP contribution in [0.25, 0.3) is 0 Å². The van der Waals surface area contributed by atoms with Gasteiger partial charge in [-0.3, -0.25) is 4.79 Å². The predicted molar refractivity (Wildman–Crippen MR) is 88.5 cm³/mol. The van der Waals surface area contributed by atoms with E-state index < -0.39 is 0 Å². The van der Waals surface area contributed by atoms with E-state index >= 15 is 0 Å². The average molecular weight is 350 g/mol. The Hall–Kier alpha value is -0.480. The largest absolute Gasteiger partial charge is 0.342 e. The minimum atomic E-state index is 0.